The van der Waals surface area contributed by atoms with Gasteiger partial charge in [0.15, 0.2) is 23.0 Å². The molecule has 0 saturated heterocycles. The standard InChI is InChI=1S/C20H19N3O5S/c1-2-21-19(24)16-9-14(28-22-16)10-23(11-15-4-3-7-29-15)20(25)13-5-6-17-18(8-13)27-12-26-17/h3-9H,2,10-12H2,1H3,(H,21,24). The van der Waals surface area contributed by atoms with E-state index >= 15 is 0 Å². The molecule has 0 spiro atoms. The molecule has 3 aromatic rings. The van der Waals surface area contributed by atoms with Gasteiger partial charge in [-0.1, -0.05) is 11.2 Å². The zero-order chi connectivity index (χ0) is 20.2. The molecule has 1 aliphatic heterocycles. The van der Waals surface area contributed by atoms with Gasteiger partial charge in [0, 0.05) is 23.1 Å². The van der Waals surface area contributed by atoms with E-state index in [0.29, 0.717) is 35.9 Å². The molecule has 0 atom stereocenters. The summed E-state index contributed by atoms with van der Waals surface area (Å²) in [7, 11) is 0. The Hall–Kier alpha value is -3.33. The highest BCUT2D eigenvalue weighted by atomic mass is 32.1. The van der Waals surface area contributed by atoms with E-state index in [2.05, 4.69) is 10.5 Å². The fourth-order valence-electron chi connectivity index (χ4n) is 2.94. The molecule has 29 heavy (non-hydrogen) atoms. The lowest BCUT2D eigenvalue weighted by Crippen LogP contribution is -2.29. The van der Waals surface area contributed by atoms with Crippen molar-refractivity contribution in [1.82, 2.24) is 15.4 Å². The Balaban J connectivity index is 1.56. The molecule has 2 aromatic heterocycles. The number of nitrogens with zero attached hydrogens (tertiary/aromatic N) is 2. The minimum atomic E-state index is -0.311. The first kappa shape index (κ1) is 19.0. The Kier molecular flexibility index (Phi) is 5.48. The molecule has 0 unspecified atom stereocenters. The van der Waals surface area contributed by atoms with Crippen molar-refractivity contribution in [1.29, 1.82) is 0 Å². The number of hydrogen-bond acceptors (Lipinski definition) is 7. The third-order valence-electron chi connectivity index (χ3n) is 4.31. The van der Waals surface area contributed by atoms with E-state index in [9.17, 15) is 9.59 Å². The zero-order valence-electron chi connectivity index (χ0n) is 15.7. The molecular weight excluding hydrogens is 394 g/mol. The van der Waals surface area contributed by atoms with Crippen molar-refractivity contribution < 1.29 is 23.6 Å². The van der Waals surface area contributed by atoms with Crippen molar-refractivity contribution >= 4 is 23.2 Å². The third kappa shape index (κ3) is 4.24. The average Bonchev–Trinajstić information content (AvgIpc) is 3.48. The van der Waals surface area contributed by atoms with Gasteiger partial charge in [-0.2, -0.15) is 0 Å². The largest absolute Gasteiger partial charge is 0.454 e. The van der Waals surface area contributed by atoms with Crippen LogP contribution in [0.15, 0.2) is 46.3 Å². The van der Waals surface area contributed by atoms with Crippen LogP contribution in [0.1, 0.15) is 38.4 Å². The van der Waals surface area contributed by atoms with Crippen LogP contribution in [0.25, 0.3) is 0 Å². The maximum absolute atomic E-state index is 13.2. The van der Waals surface area contributed by atoms with Crippen molar-refractivity contribution in [2.45, 2.75) is 20.0 Å². The fraction of sp³-hybridized carbons (Fsp3) is 0.250. The molecule has 8 nitrogen and oxygen atoms in total. The first-order valence-corrected chi connectivity index (χ1v) is 9.97. The van der Waals surface area contributed by atoms with Crippen molar-refractivity contribution in [3.63, 3.8) is 0 Å². The predicted molar refractivity (Wildman–Crippen MR) is 105 cm³/mol. The van der Waals surface area contributed by atoms with Crippen molar-refractivity contribution in [2.75, 3.05) is 13.3 Å². The quantitative estimate of drug-likeness (QED) is 0.640. The van der Waals surface area contributed by atoms with Crippen LogP contribution in [0.5, 0.6) is 11.5 Å². The van der Waals surface area contributed by atoms with Crippen molar-refractivity contribution in [3.05, 3.63) is 63.7 Å². The monoisotopic (exact) mass is 413 g/mol. The second-order valence-corrected chi connectivity index (χ2v) is 7.38. The number of carbonyl (C=O) groups is 2. The third-order valence-corrected chi connectivity index (χ3v) is 5.17. The van der Waals surface area contributed by atoms with E-state index in [1.54, 1.807) is 40.5 Å². The van der Waals surface area contributed by atoms with Gasteiger partial charge in [-0.15, -0.1) is 11.3 Å². The van der Waals surface area contributed by atoms with Crippen LogP contribution in [-0.4, -0.2) is 35.2 Å². The molecule has 1 N–H and O–H groups in total. The van der Waals surface area contributed by atoms with Crippen LogP contribution in [0.4, 0.5) is 0 Å². The molecule has 4 rings (SSSR count). The lowest BCUT2D eigenvalue weighted by atomic mass is 10.1. The maximum Gasteiger partial charge on any atom is 0.273 e. The Morgan fingerprint density at radius 2 is 2.03 bits per heavy atom. The molecule has 150 valence electrons. The number of carbonyl (C=O) groups excluding carboxylic acids is 2. The number of benzene rings is 1. The second-order valence-electron chi connectivity index (χ2n) is 6.35. The van der Waals surface area contributed by atoms with E-state index in [-0.39, 0.29) is 30.8 Å². The van der Waals surface area contributed by atoms with Gasteiger partial charge in [0.2, 0.25) is 6.79 Å². The zero-order valence-corrected chi connectivity index (χ0v) is 16.5. The van der Waals surface area contributed by atoms with E-state index in [0.717, 1.165) is 4.88 Å². The summed E-state index contributed by atoms with van der Waals surface area (Å²) in [5, 5.41) is 8.44. The molecule has 0 aliphatic carbocycles. The maximum atomic E-state index is 13.2. The van der Waals surface area contributed by atoms with Gasteiger partial charge in [-0.25, -0.2) is 0 Å². The summed E-state index contributed by atoms with van der Waals surface area (Å²) in [5.41, 5.74) is 0.669. The van der Waals surface area contributed by atoms with E-state index < -0.39 is 0 Å². The highest BCUT2D eigenvalue weighted by Crippen LogP contribution is 2.33. The first-order chi connectivity index (χ1) is 14.1. The van der Waals surface area contributed by atoms with Gasteiger partial charge < -0.3 is 24.2 Å². The Bertz CT molecular complexity index is 1020. The summed E-state index contributed by atoms with van der Waals surface area (Å²) in [4.78, 5) is 27.8. The smallest absolute Gasteiger partial charge is 0.273 e. The molecule has 0 fully saturated rings. The number of aromatic nitrogens is 1. The number of amides is 2. The van der Waals surface area contributed by atoms with Crippen LogP contribution >= 0.6 is 11.3 Å². The fourth-order valence-corrected chi connectivity index (χ4v) is 3.66. The SMILES string of the molecule is CCNC(=O)c1cc(CN(Cc2cccs2)C(=O)c2ccc3c(c2)OCO3)on1. The Morgan fingerprint density at radius 3 is 2.83 bits per heavy atom. The number of rotatable bonds is 7. The predicted octanol–water partition coefficient (Wildman–Crippen LogP) is 3.06. The summed E-state index contributed by atoms with van der Waals surface area (Å²) in [6.07, 6.45) is 0. The van der Waals surface area contributed by atoms with Crippen molar-refractivity contribution in [2.24, 2.45) is 0 Å². The molecule has 1 aromatic carbocycles. The highest BCUT2D eigenvalue weighted by Gasteiger charge is 2.23. The number of ether oxygens (including phenoxy) is 2. The minimum Gasteiger partial charge on any atom is -0.454 e. The molecule has 3 heterocycles. The van der Waals surface area contributed by atoms with E-state index in [1.165, 1.54) is 0 Å². The Labute approximate surface area is 171 Å². The normalized spacial score (nSPS) is 12.0. The lowest BCUT2D eigenvalue weighted by molar-refractivity contribution is 0.0714. The molecule has 9 heteroatoms. The van der Waals surface area contributed by atoms with Gasteiger partial charge >= 0.3 is 0 Å². The summed E-state index contributed by atoms with van der Waals surface area (Å²) >= 11 is 1.56. The summed E-state index contributed by atoms with van der Waals surface area (Å²) < 4.78 is 16.0. The molecule has 2 amide bonds. The van der Waals surface area contributed by atoms with Crippen LogP contribution in [-0.2, 0) is 13.1 Å². The second kappa shape index (κ2) is 8.36. The van der Waals surface area contributed by atoms with Crippen LogP contribution in [0, 0.1) is 0 Å². The molecule has 1 aliphatic rings. The number of hydrogen-bond donors (Lipinski definition) is 1. The van der Waals surface area contributed by atoms with Gasteiger partial charge in [-0.05, 0) is 36.6 Å². The van der Waals surface area contributed by atoms with Gasteiger partial charge in [0.1, 0.15) is 0 Å². The summed E-state index contributed by atoms with van der Waals surface area (Å²) in [5.74, 6) is 1.09. The van der Waals surface area contributed by atoms with Crippen LogP contribution in [0.2, 0.25) is 0 Å². The van der Waals surface area contributed by atoms with Crippen LogP contribution < -0.4 is 14.8 Å². The lowest BCUT2D eigenvalue weighted by Gasteiger charge is -2.21. The van der Waals surface area contributed by atoms with Gasteiger partial charge in [0.05, 0.1) is 13.1 Å². The van der Waals surface area contributed by atoms with Crippen LogP contribution in [0.3, 0.4) is 0 Å². The minimum absolute atomic E-state index is 0.145. The number of fused-ring (bicyclic) bond motifs is 1. The molecule has 0 bridgehead atoms. The molecule has 0 saturated carbocycles. The van der Waals surface area contributed by atoms with Gasteiger partial charge in [-0.3, -0.25) is 9.59 Å². The number of nitrogens with one attached hydrogen (secondary N) is 1. The van der Waals surface area contributed by atoms with Gasteiger partial charge in [0.25, 0.3) is 11.8 Å². The van der Waals surface area contributed by atoms with Crippen molar-refractivity contribution in [3.8, 4) is 11.5 Å². The Morgan fingerprint density at radius 1 is 1.17 bits per heavy atom. The summed E-state index contributed by atoms with van der Waals surface area (Å²) in [6.45, 7) is 3.05. The first-order valence-electron chi connectivity index (χ1n) is 9.09. The molecule has 0 radical (unpaired) electrons. The summed E-state index contributed by atoms with van der Waals surface area (Å²) in [6, 6.07) is 10.6. The topological polar surface area (TPSA) is 93.9 Å². The highest BCUT2D eigenvalue weighted by molar-refractivity contribution is 7.09. The number of thiophene rings is 1. The van der Waals surface area contributed by atoms with E-state index in [1.807, 2.05) is 24.4 Å². The molecular formula is C20H19N3O5S. The average molecular weight is 413 g/mol. The van der Waals surface area contributed by atoms with E-state index in [4.69, 9.17) is 14.0 Å².